The molecule has 0 atom stereocenters. The fraction of sp³-hybridized carbons (Fsp3) is 0. The summed E-state index contributed by atoms with van der Waals surface area (Å²) in [6, 6.07) is 6.66. The minimum Gasteiger partial charge on any atom is -0.397 e. The number of nitrogens with two attached hydrogens (primary N) is 1. The predicted molar refractivity (Wildman–Crippen MR) is 68.5 cm³/mol. The second-order valence-electron chi connectivity index (χ2n) is 3.27. The molecule has 17 heavy (non-hydrogen) atoms. The Morgan fingerprint density at radius 2 is 2.12 bits per heavy atom. The van der Waals surface area contributed by atoms with Crippen molar-refractivity contribution in [2.24, 2.45) is 0 Å². The Balaban J connectivity index is 2.17. The Bertz CT molecular complexity index is 541. The van der Waals surface area contributed by atoms with Gasteiger partial charge < -0.3 is 11.1 Å². The summed E-state index contributed by atoms with van der Waals surface area (Å²) in [4.78, 5) is 19.7. The van der Waals surface area contributed by atoms with Crippen molar-refractivity contribution < 1.29 is 4.79 Å². The van der Waals surface area contributed by atoms with Crippen LogP contribution in [0, 0.1) is 0 Å². The summed E-state index contributed by atoms with van der Waals surface area (Å²) in [5.74, 6) is -0.307. The Labute approximate surface area is 106 Å². The number of halogens is 1. The van der Waals surface area contributed by atoms with E-state index in [9.17, 15) is 4.79 Å². The first kappa shape index (κ1) is 11.5. The average molecular weight is 293 g/mol. The summed E-state index contributed by atoms with van der Waals surface area (Å²) in [7, 11) is 0. The van der Waals surface area contributed by atoms with E-state index in [-0.39, 0.29) is 5.91 Å². The quantitative estimate of drug-likeness (QED) is 0.831. The molecule has 0 aliphatic heterocycles. The fourth-order valence-electron chi connectivity index (χ4n) is 1.21. The van der Waals surface area contributed by atoms with Crippen LogP contribution < -0.4 is 11.1 Å². The molecule has 0 bridgehead atoms. The van der Waals surface area contributed by atoms with E-state index in [2.05, 4.69) is 31.2 Å². The average Bonchev–Trinajstić information content (AvgIpc) is 2.33. The predicted octanol–water partition coefficient (Wildman–Crippen LogP) is 2.07. The van der Waals surface area contributed by atoms with Crippen LogP contribution in [0.4, 0.5) is 11.4 Å². The lowest BCUT2D eigenvalue weighted by atomic mass is 10.3. The lowest BCUT2D eigenvalue weighted by Crippen LogP contribution is -2.14. The van der Waals surface area contributed by atoms with Gasteiger partial charge in [-0.1, -0.05) is 0 Å². The van der Waals surface area contributed by atoms with Gasteiger partial charge in [0, 0.05) is 6.20 Å². The van der Waals surface area contributed by atoms with E-state index in [1.54, 1.807) is 30.5 Å². The number of pyridine rings is 2. The first-order valence-electron chi connectivity index (χ1n) is 4.80. The smallest absolute Gasteiger partial charge is 0.274 e. The maximum absolute atomic E-state index is 11.8. The van der Waals surface area contributed by atoms with Gasteiger partial charge in [-0.3, -0.25) is 4.79 Å². The van der Waals surface area contributed by atoms with Crippen molar-refractivity contribution in [3.8, 4) is 0 Å². The number of nitrogens with one attached hydrogen (secondary N) is 1. The summed E-state index contributed by atoms with van der Waals surface area (Å²) in [6.45, 7) is 0. The zero-order valence-electron chi connectivity index (χ0n) is 8.72. The van der Waals surface area contributed by atoms with Crippen LogP contribution in [0.25, 0.3) is 0 Å². The molecule has 3 N–H and O–H groups in total. The lowest BCUT2D eigenvalue weighted by Gasteiger charge is -2.05. The van der Waals surface area contributed by atoms with Crippen LogP contribution in [-0.4, -0.2) is 15.9 Å². The molecule has 6 heteroatoms. The highest BCUT2D eigenvalue weighted by Crippen LogP contribution is 2.18. The van der Waals surface area contributed by atoms with Crippen LogP contribution in [0.2, 0.25) is 0 Å². The highest BCUT2D eigenvalue weighted by molar-refractivity contribution is 9.10. The van der Waals surface area contributed by atoms with Crippen LogP contribution in [-0.2, 0) is 0 Å². The SMILES string of the molecule is Nc1ccc(C(=O)Nc2cccnc2Br)nc1. The van der Waals surface area contributed by atoms with Gasteiger partial charge in [0.25, 0.3) is 5.91 Å². The van der Waals surface area contributed by atoms with Crippen LogP contribution in [0.5, 0.6) is 0 Å². The number of nitrogen functional groups attached to an aromatic ring is 1. The van der Waals surface area contributed by atoms with Crippen molar-refractivity contribution in [2.45, 2.75) is 0 Å². The Hall–Kier alpha value is -1.95. The molecule has 2 heterocycles. The van der Waals surface area contributed by atoms with Gasteiger partial charge in [-0.2, -0.15) is 0 Å². The van der Waals surface area contributed by atoms with Gasteiger partial charge >= 0.3 is 0 Å². The van der Waals surface area contributed by atoms with E-state index >= 15 is 0 Å². The highest BCUT2D eigenvalue weighted by Gasteiger charge is 2.09. The molecule has 0 aromatic carbocycles. The summed E-state index contributed by atoms with van der Waals surface area (Å²) in [5, 5.41) is 2.69. The largest absolute Gasteiger partial charge is 0.397 e. The van der Waals surface area contributed by atoms with Crippen LogP contribution in [0.3, 0.4) is 0 Å². The summed E-state index contributed by atoms with van der Waals surface area (Å²) < 4.78 is 0.573. The number of carbonyl (C=O) groups excluding carboxylic acids is 1. The summed E-state index contributed by atoms with van der Waals surface area (Å²) in [6.07, 6.45) is 3.06. The number of aromatic nitrogens is 2. The zero-order valence-corrected chi connectivity index (χ0v) is 10.3. The molecule has 0 aliphatic rings. The number of hydrogen-bond donors (Lipinski definition) is 2. The number of rotatable bonds is 2. The molecular weight excluding hydrogens is 284 g/mol. The zero-order chi connectivity index (χ0) is 12.3. The minimum atomic E-state index is -0.307. The maximum atomic E-state index is 11.8. The monoisotopic (exact) mass is 292 g/mol. The molecule has 2 aromatic heterocycles. The topological polar surface area (TPSA) is 80.9 Å². The van der Waals surface area contributed by atoms with Crippen molar-refractivity contribution in [1.82, 2.24) is 9.97 Å². The molecular formula is C11H9BrN4O. The molecule has 2 rings (SSSR count). The first-order valence-corrected chi connectivity index (χ1v) is 5.59. The van der Waals surface area contributed by atoms with Crippen molar-refractivity contribution in [3.63, 3.8) is 0 Å². The maximum Gasteiger partial charge on any atom is 0.274 e. The van der Waals surface area contributed by atoms with E-state index in [0.29, 0.717) is 21.7 Å². The Morgan fingerprint density at radius 3 is 2.76 bits per heavy atom. The second-order valence-corrected chi connectivity index (χ2v) is 4.02. The van der Waals surface area contributed by atoms with E-state index in [1.165, 1.54) is 6.20 Å². The Morgan fingerprint density at radius 1 is 1.29 bits per heavy atom. The molecule has 2 aromatic rings. The lowest BCUT2D eigenvalue weighted by molar-refractivity contribution is 0.102. The molecule has 5 nitrogen and oxygen atoms in total. The molecule has 86 valence electrons. The van der Waals surface area contributed by atoms with Crippen LogP contribution in [0.15, 0.2) is 41.3 Å². The van der Waals surface area contributed by atoms with E-state index in [0.717, 1.165) is 0 Å². The van der Waals surface area contributed by atoms with Gasteiger partial charge in [0.15, 0.2) is 0 Å². The number of hydrogen-bond acceptors (Lipinski definition) is 4. The van der Waals surface area contributed by atoms with E-state index in [4.69, 9.17) is 5.73 Å². The molecule has 0 unspecified atom stereocenters. The van der Waals surface area contributed by atoms with Gasteiger partial charge in [0.1, 0.15) is 10.3 Å². The number of nitrogens with zero attached hydrogens (tertiary/aromatic N) is 2. The van der Waals surface area contributed by atoms with Gasteiger partial charge in [0.2, 0.25) is 0 Å². The van der Waals surface area contributed by atoms with Crippen molar-refractivity contribution in [3.05, 3.63) is 47.0 Å². The van der Waals surface area contributed by atoms with Crippen molar-refractivity contribution in [2.75, 3.05) is 11.1 Å². The normalized spacial score (nSPS) is 9.94. The number of amides is 1. The molecule has 1 amide bonds. The molecule has 0 fully saturated rings. The molecule has 0 spiro atoms. The molecule has 0 saturated heterocycles. The van der Waals surface area contributed by atoms with Gasteiger partial charge in [-0.25, -0.2) is 9.97 Å². The standard InChI is InChI=1S/C11H9BrN4O/c12-10-8(2-1-5-14-10)16-11(17)9-4-3-7(13)6-15-9/h1-6H,13H2,(H,16,17). The van der Waals surface area contributed by atoms with E-state index in [1.807, 2.05) is 0 Å². The van der Waals surface area contributed by atoms with E-state index < -0.39 is 0 Å². The van der Waals surface area contributed by atoms with Crippen LogP contribution in [0.1, 0.15) is 10.5 Å². The van der Waals surface area contributed by atoms with Crippen molar-refractivity contribution >= 4 is 33.2 Å². The van der Waals surface area contributed by atoms with Gasteiger partial charge in [-0.05, 0) is 40.2 Å². The summed E-state index contributed by atoms with van der Waals surface area (Å²) in [5.41, 5.74) is 6.90. The second kappa shape index (κ2) is 4.92. The van der Waals surface area contributed by atoms with Crippen molar-refractivity contribution in [1.29, 1.82) is 0 Å². The number of carbonyl (C=O) groups is 1. The van der Waals surface area contributed by atoms with Crippen LogP contribution >= 0.6 is 15.9 Å². The Kier molecular flexibility index (Phi) is 3.34. The molecule has 0 aliphatic carbocycles. The third kappa shape index (κ3) is 2.79. The third-order valence-corrected chi connectivity index (χ3v) is 2.66. The highest BCUT2D eigenvalue weighted by atomic mass is 79.9. The van der Waals surface area contributed by atoms with Gasteiger partial charge in [0.05, 0.1) is 17.6 Å². The number of anilines is 2. The minimum absolute atomic E-state index is 0.301. The summed E-state index contributed by atoms with van der Waals surface area (Å²) >= 11 is 3.24. The van der Waals surface area contributed by atoms with Gasteiger partial charge in [-0.15, -0.1) is 0 Å². The molecule has 0 saturated carbocycles. The fourth-order valence-corrected chi connectivity index (χ4v) is 1.55. The molecule has 0 radical (unpaired) electrons. The third-order valence-electron chi connectivity index (χ3n) is 2.03. The first-order chi connectivity index (χ1) is 8.16.